The van der Waals surface area contributed by atoms with Crippen LogP contribution < -0.4 is 10.1 Å². The molecule has 0 aliphatic rings. The number of nitrogens with one attached hydrogen (secondary N) is 1. The number of hydrogen-bond donors (Lipinski definition) is 1. The summed E-state index contributed by atoms with van der Waals surface area (Å²) in [4.78, 5) is 0. The van der Waals surface area contributed by atoms with Crippen LogP contribution in [0.15, 0.2) is 35.3 Å². The van der Waals surface area contributed by atoms with E-state index in [2.05, 4.69) is 46.9 Å². The summed E-state index contributed by atoms with van der Waals surface area (Å²) in [6.07, 6.45) is 1.74. The lowest BCUT2D eigenvalue weighted by atomic mass is 10.2. The summed E-state index contributed by atoms with van der Waals surface area (Å²) < 4.78 is 6.45. The van der Waals surface area contributed by atoms with E-state index in [0.717, 1.165) is 23.3 Å². The monoisotopic (exact) mass is 269 g/mol. The van der Waals surface area contributed by atoms with Crippen LogP contribution in [0.3, 0.4) is 0 Å². The van der Waals surface area contributed by atoms with Crippen LogP contribution in [-0.2, 0) is 6.54 Å². The molecule has 3 heteroatoms. The lowest BCUT2D eigenvalue weighted by Crippen LogP contribution is -2.11. The van der Waals surface area contributed by atoms with Crippen molar-refractivity contribution in [2.45, 2.75) is 13.5 Å². The van der Waals surface area contributed by atoms with E-state index in [1.807, 2.05) is 6.07 Å². The Labute approximate surface area is 99.5 Å². The van der Waals surface area contributed by atoms with Gasteiger partial charge in [-0.2, -0.15) is 0 Å². The van der Waals surface area contributed by atoms with Crippen molar-refractivity contribution in [3.63, 3.8) is 0 Å². The first-order valence-electron chi connectivity index (χ1n) is 5.00. The molecule has 2 nitrogen and oxygen atoms in total. The zero-order chi connectivity index (χ0) is 11.1. The largest absolute Gasteiger partial charge is 0.488 e. The summed E-state index contributed by atoms with van der Waals surface area (Å²) in [6.45, 7) is 8.10. The molecule has 0 heterocycles. The van der Waals surface area contributed by atoms with E-state index in [-0.39, 0.29) is 0 Å². The van der Waals surface area contributed by atoms with Crippen molar-refractivity contribution in [3.05, 3.63) is 40.9 Å². The average Bonchev–Trinajstić information content (AvgIpc) is 2.25. The molecule has 0 bridgehead atoms. The molecule has 0 saturated heterocycles. The Hall–Kier alpha value is -0.800. The second-order valence-electron chi connectivity index (χ2n) is 3.14. The Morgan fingerprint density at radius 1 is 1.53 bits per heavy atom. The molecule has 0 aromatic heterocycles. The van der Waals surface area contributed by atoms with Gasteiger partial charge in [0, 0.05) is 6.54 Å². The Kier molecular flexibility index (Phi) is 5.43. The Balaban J connectivity index is 2.65. The molecule has 0 aliphatic carbocycles. The molecule has 0 amide bonds. The van der Waals surface area contributed by atoms with Crippen LogP contribution in [0.1, 0.15) is 12.5 Å². The normalized spacial score (nSPS) is 10.0. The first-order chi connectivity index (χ1) is 7.27. The highest BCUT2D eigenvalue weighted by molar-refractivity contribution is 9.10. The van der Waals surface area contributed by atoms with Crippen molar-refractivity contribution in [2.24, 2.45) is 0 Å². The van der Waals surface area contributed by atoms with Crippen LogP contribution in [0, 0.1) is 0 Å². The lowest BCUT2D eigenvalue weighted by Gasteiger charge is -2.08. The summed E-state index contributed by atoms with van der Waals surface area (Å²) in [5.41, 5.74) is 1.25. The quantitative estimate of drug-likeness (QED) is 0.802. The maximum atomic E-state index is 5.46. The maximum absolute atomic E-state index is 5.46. The smallest absolute Gasteiger partial charge is 0.133 e. The van der Waals surface area contributed by atoms with Crippen molar-refractivity contribution in [1.82, 2.24) is 5.32 Å². The van der Waals surface area contributed by atoms with Gasteiger partial charge in [-0.1, -0.05) is 25.6 Å². The van der Waals surface area contributed by atoms with E-state index in [0.29, 0.717) is 6.61 Å². The zero-order valence-corrected chi connectivity index (χ0v) is 10.5. The topological polar surface area (TPSA) is 21.3 Å². The van der Waals surface area contributed by atoms with Crippen molar-refractivity contribution in [1.29, 1.82) is 0 Å². The van der Waals surface area contributed by atoms with Crippen molar-refractivity contribution < 1.29 is 4.74 Å². The van der Waals surface area contributed by atoms with Gasteiger partial charge in [0.15, 0.2) is 0 Å². The third kappa shape index (κ3) is 4.06. The molecule has 0 fully saturated rings. The first-order valence-corrected chi connectivity index (χ1v) is 5.80. The summed E-state index contributed by atoms with van der Waals surface area (Å²) in [7, 11) is 0. The molecule has 82 valence electrons. The highest BCUT2D eigenvalue weighted by Gasteiger charge is 2.01. The van der Waals surface area contributed by atoms with Gasteiger partial charge in [-0.3, -0.25) is 0 Å². The minimum absolute atomic E-state index is 0.533. The van der Waals surface area contributed by atoms with Gasteiger partial charge in [0.25, 0.3) is 0 Å². The zero-order valence-electron chi connectivity index (χ0n) is 8.92. The van der Waals surface area contributed by atoms with E-state index in [1.54, 1.807) is 6.08 Å². The number of benzene rings is 1. The standard InChI is InChI=1S/C12H16BrNO/c1-3-7-15-12-6-5-10(8-11(12)13)9-14-4-2/h3,5-6,8,14H,1,4,7,9H2,2H3. The molecule has 1 aromatic carbocycles. The predicted molar refractivity (Wildman–Crippen MR) is 67.2 cm³/mol. The van der Waals surface area contributed by atoms with E-state index in [9.17, 15) is 0 Å². The molecular formula is C12H16BrNO. The van der Waals surface area contributed by atoms with Crippen molar-refractivity contribution in [2.75, 3.05) is 13.2 Å². The van der Waals surface area contributed by atoms with Gasteiger partial charge in [-0.15, -0.1) is 0 Å². The van der Waals surface area contributed by atoms with E-state index >= 15 is 0 Å². The molecular weight excluding hydrogens is 254 g/mol. The summed E-state index contributed by atoms with van der Waals surface area (Å²) in [5, 5.41) is 3.28. The minimum atomic E-state index is 0.533. The second-order valence-corrected chi connectivity index (χ2v) is 4.00. The first kappa shape index (κ1) is 12.3. The van der Waals surface area contributed by atoms with Crippen LogP contribution >= 0.6 is 15.9 Å². The fourth-order valence-corrected chi connectivity index (χ4v) is 1.73. The third-order valence-electron chi connectivity index (χ3n) is 1.93. The van der Waals surface area contributed by atoms with Crippen molar-refractivity contribution >= 4 is 15.9 Å². The summed E-state index contributed by atoms with van der Waals surface area (Å²) in [5.74, 6) is 0.857. The third-order valence-corrected chi connectivity index (χ3v) is 2.55. The van der Waals surface area contributed by atoms with Crippen LogP contribution in [0.5, 0.6) is 5.75 Å². The molecule has 1 aromatic rings. The molecule has 15 heavy (non-hydrogen) atoms. The molecule has 0 spiro atoms. The highest BCUT2D eigenvalue weighted by atomic mass is 79.9. The summed E-state index contributed by atoms with van der Waals surface area (Å²) in [6, 6.07) is 6.10. The molecule has 0 radical (unpaired) electrons. The SMILES string of the molecule is C=CCOc1ccc(CNCC)cc1Br. The molecule has 0 aliphatic heterocycles. The fourth-order valence-electron chi connectivity index (χ4n) is 1.19. The fraction of sp³-hybridized carbons (Fsp3) is 0.333. The Bertz CT molecular complexity index is 325. The van der Waals surface area contributed by atoms with Crippen molar-refractivity contribution in [3.8, 4) is 5.75 Å². The van der Waals surface area contributed by atoms with Gasteiger partial charge in [-0.05, 0) is 40.2 Å². The van der Waals surface area contributed by atoms with Crippen LogP contribution in [0.4, 0.5) is 0 Å². The Morgan fingerprint density at radius 2 is 2.33 bits per heavy atom. The highest BCUT2D eigenvalue weighted by Crippen LogP contribution is 2.25. The van der Waals surface area contributed by atoms with Gasteiger partial charge in [0.2, 0.25) is 0 Å². The molecule has 0 saturated carbocycles. The van der Waals surface area contributed by atoms with Gasteiger partial charge in [-0.25, -0.2) is 0 Å². The number of rotatable bonds is 6. The molecule has 0 unspecified atom stereocenters. The van der Waals surface area contributed by atoms with Gasteiger partial charge >= 0.3 is 0 Å². The molecule has 1 rings (SSSR count). The van der Waals surface area contributed by atoms with Crippen LogP contribution in [0.25, 0.3) is 0 Å². The van der Waals surface area contributed by atoms with E-state index in [4.69, 9.17) is 4.74 Å². The molecule has 0 atom stereocenters. The summed E-state index contributed by atoms with van der Waals surface area (Å²) >= 11 is 3.48. The predicted octanol–water partition coefficient (Wildman–Crippen LogP) is 3.12. The Morgan fingerprint density at radius 3 is 2.93 bits per heavy atom. The van der Waals surface area contributed by atoms with Gasteiger partial charge in [0.1, 0.15) is 12.4 Å². The minimum Gasteiger partial charge on any atom is -0.488 e. The lowest BCUT2D eigenvalue weighted by molar-refractivity contribution is 0.361. The van der Waals surface area contributed by atoms with Gasteiger partial charge < -0.3 is 10.1 Å². The van der Waals surface area contributed by atoms with Gasteiger partial charge in [0.05, 0.1) is 4.47 Å². The van der Waals surface area contributed by atoms with E-state index in [1.165, 1.54) is 5.56 Å². The van der Waals surface area contributed by atoms with Crippen LogP contribution in [-0.4, -0.2) is 13.2 Å². The average molecular weight is 270 g/mol. The molecule has 1 N–H and O–H groups in total. The van der Waals surface area contributed by atoms with Crippen LogP contribution in [0.2, 0.25) is 0 Å². The number of ether oxygens (including phenoxy) is 1. The number of hydrogen-bond acceptors (Lipinski definition) is 2. The number of halogens is 1. The van der Waals surface area contributed by atoms with E-state index < -0.39 is 0 Å². The maximum Gasteiger partial charge on any atom is 0.133 e. The second kappa shape index (κ2) is 6.64.